The number of benzene rings is 2. The molecule has 6 nitrogen and oxygen atoms in total. The lowest BCUT2D eigenvalue weighted by molar-refractivity contribution is -0.384. The number of carbonyl (C=O) groups is 1. The molecule has 1 saturated heterocycles. The molecule has 0 spiro atoms. The fourth-order valence-electron chi connectivity index (χ4n) is 3.06. The van der Waals surface area contributed by atoms with Crippen molar-refractivity contribution in [2.24, 2.45) is 0 Å². The first-order valence-corrected chi connectivity index (χ1v) is 8.39. The number of non-ortho nitro benzene ring substituents is 1. The number of nitrogens with zero attached hydrogens (tertiary/aromatic N) is 3. The third-order valence-corrected chi connectivity index (χ3v) is 4.73. The summed E-state index contributed by atoms with van der Waals surface area (Å²) in [6.07, 6.45) is 0. The Balaban J connectivity index is 1.69. The van der Waals surface area contributed by atoms with Crippen LogP contribution in [0.15, 0.2) is 42.5 Å². The Morgan fingerprint density at radius 2 is 1.80 bits per heavy atom. The van der Waals surface area contributed by atoms with E-state index in [9.17, 15) is 14.9 Å². The van der Waals surface area contributed by atoms with Crippen LogP contribution in [0.5, 0.6) is 0 Å². The summed E-state index contributed by atoms with van der Waals surface area (Å²) in [5, 5.41) is 11.3. The number of hydrogen-bond donors (Lipinski definition) is 0. The van der Waals surface area contributed by atoms with E-state index in [4.69, 9.17) is 11.6 Å². The fourth-order valence-corrected chi connectivity index (χ4v) is 3.28. The highest BCUT2D eigenvalue weighted by Gasteiger charge is 2.24. The van der Waals surface area contributed by atoms with Crippen LogP contribution in [-0.2, 0) is 0 Å². The maximum atomic E-state index is 12.6. The van der Waals surface area contributed by atoms with Crippen molar-refractivity contribution in [3.8, 4) is 0 Å². The van der Waals surface area contributed by atoms with Gasteiger partial charge in [-0.2, -0.15) is 0 Å². The summed E-state index contributed by atoms with van der Waals surface area (Å²) in [6.45, 7) is 4.38. The number of piperazine rings is 1. The maximum absolute atomic E-state index is 12.6. The smallest absolute Gasteiger partial charge is 0.269 e. The second-order valence-electron chi connectivity index (χ2n) is 5.99. The van der Waals surface area contributed by atoms with Gasteiger partial charge in [0.05, 0.1) is 15.5 Å². The van der Waals surface area contributed by atoms with Gasteiger partial charge in [0.1, 0.15) is 0 Å². The summed E-state index contributed by atoms with van der Waals surface area (Å²) in [5.41, 5.74) is 2.44. The van der Waals surface area contributed by atoms with E-state index < -0.39 is 4.92 Å². The Bertz CT molecular complexity index is 817. The number of nitro groups is 1. The number of aryl methyl sites for hydroxylation is 1. The molecule has 0 atom stereocenters. The van der Waals surface area contributed by atoms with Crippen molar-refractivity contribution < 1.29 is 9.72 Å². The molecular formula is C18H18ClN3O3. The topological polar surface area (TPSA) is 66.7 Å². The van der Waals surface area contributed by atoms with Crippen LogP contribution in [0, 0.1) is 17.0 Å². The van der Waals surface area contributed by atoms with Crippen LogP contribution in [0.3, 0.4) is 0 Å². The zero-order chi connectivity index (χ0) is 18.0. The molecule has 1 fully saturated rings. The van der Waals surface area contributed by atoms with E-state index in [1.54, 1.807) is 41.3 Å². The van der Waals surface area contributed by atoms with E-state index in [2.05, 4.69) is 4.90 Å². The molecule has 0 radical (unpaired) electrons. The first-order valence-electron chi connectivity index (χ1n) is 8.01. The first kappa shape index (κ1) is 17.2. The van der Waals surface area contributed by atoms with E-state index >= 15 is 0 Å². The van der Waals surface area contributed by atoms with Crippen molar-refractivity contribution in [3.05, 3.63) is 68.7 Å². The summed E-state index contributed by atoms with van der Waals surface area (Å²) in [7, 11) is 0. The molecule has 3 rings (SSSR count). The molecule has 0 aromatic heterocycles. The zero-order valence-corrected chi connectivity index (χ0v) is 14.6. The minimum absolute atomic E-state index is 0.0642. The van der Waals surface area contributed by atoms with E-state index in [0.717, 1.165) is 11.3 Å². The lowest BCUT2D eigenvalue weighted by Crippen LogP contribution is -2.49. The van der Waals surface area contributed by atoms with Crippen molar-refractivity contribution in [1.29, 1.82) is 0 Å². The van der Waals surface area contributed by atoms with Gasteiger partial charge in [-0.1, -0.05) is 23.7 Å². The molecule has 1 amide bonds. The first-order chi connectivity index (χ1) is 12.0. The van der Waals surface area contributed by atoms with Crippen LogP contribution in [0.1, 0.15) is 15.9 Å². The van der Waals surface area contributed by atoms with E-state index in [0.29, 0.717) is 36.8 Å². The molecular weight excluding hydrogens is 342 g/mol. The van der Waals surface area contributed by atoms with Gasteiger partial charge in [-0.15, -0.1) is 0 Å². The summed E-state index contributed by atoms with van der Waals surface area (Å²) in [6, 6.07) is 11.9. The molecule has 7 heteroatoms. The number of halogens is 1. The standard InChI is InChI=1S/C18H18ClN3O3/c1-13-12-14(22(24)25)6-7-17(13)20-8-10-21(11-9-20)18(23)15-4-2-3-5-16(15)19/h2-7,12H,8-11H2,1H3. The molecule has 25 heavy (non-hydrogen) atoms. The van der Waals surface area contributed by atoms with E-state index in [1.807, 2.05) is 6.92 Å². The maximum Gasteiger partial charge on any atom is 0.269 e. The van der Waals surface area contributed by atoms with Gasteiger partial charge in [-0.25, -0.2) is 0 Å². The number of anilines is 1. The summed E-state index contributed by atoms with van der Waals surface area (Å²) in [5.74, 6) is -0.0642. The van der Waals surface area contributed by atoms with Gasteiger partial charge in [-0.3, -0.25) is 14.9 Å². The van der Waals surface area contributed by atoms with Gasteiger partial charge in [-0.05, 0) is 30.7 Å². The molecule has 0 unspecified atom stereocenters. The fraction of sp³-hybridized carbons (Fsp3) is 0.278. The van der Waals surface area contributed by atoms with Crippen molar-refractivity contribution in [2.45, 2.75) is 6.92 Å². The van der Waals surface area contributed by atoms with Crippen molar-refractivity contribution in [3.63, 3.8) is 0 Å². The SMILES string of the molecule is Cc1cc([N+](=O)[O-])ccc1N1CCN(C(=O)c2ccccc2Cl)CC1. The normalized spacial score (nSPS) is 14.5. The number of hydrogen-bond acceptors (Lipinski definition) is 4. The summed E-state index contributed by atoms with van der Waals surface area (Å²) < 4.78 is 0. The lowest BCUT2D eigenvalue weighted by atomic mass is 10.1. The van der Waals surface area contributed by atoms with Crippen molar-refractivity contribution in [1.82, 2.24) is 4.90 Å². The average molecular weight is 360 g/mol. The van der Waals surface area contributed by atoms with E-state index in [1.165, 1.54) is 6.07 Å². The lowest BCUT2D eigenvalue weighted by Gasteiger charge is -2.36. The second-order valence-corrected chi connectivity index (χ2v) is 6.39. The Morgan fingerprint density at radius 3 is 2.40 bits per heavy atom. The van der Waals surface area contributed by atoms with Crippen LogP contribution in [0.4, 0.5) is 11.4 Å². The van der Waals surface area contributed by atoms with Gasteiger partial charge in [0.2, 0.25) is 0 Å². The minimum Gasteiger partial charge on any atom is -0.368 e. The molecule has 1 heterocycles. The molecule has 0 bridgehead atoms. The summed E-state index contributed by atoms with van der Waals surface area (Å²) >= 11 is 6.11. The van der Waals surface area contributed by atoms with Crippen molar-refractivity contribution >= 4 is 28.9 Å². The van der Waals surface area contributed by atoms with Crippen LogP contribution in [-0.4, -0.2) is 41.9 Å². The molecule has 2 aromatic carbocycles. The predicted molar refractivity (Wildman–Crippen MR) is 97.4 cm³/mol. The molecule has 0 aliphatic carbocycles. The largest absolute Gasteiger partial charge is 0.368 e. The van der Waals surface area contributed by atoms with Gasteiger partial charge in [0.15, 0.2) is 0 Å². The van der Waals surface area contributed by atoms with Gasteiger partial charge in [0, 0.05) is 44.0 Å². The highest BCUT2D eigenvalue weighted by molar-refractivity contribution is 6.33. The van der Waals surface area contributed by atoms with Crippen LogP contribution >= 0.6 is 11.6 Å². The Morgan fingerprint density at radius 1 is 1.12 bits per heavy atom. The van der Waals surface area contributed by atoms with Crippen LogP contribution in [0.2, 0.25) is 5.02 Å². The Hall–Kier alpha value is -2.60. The molecule has 1 aliphatic heterocycles. The molecule has 0 saturated carbocycles. The highest BCUT2D eigenvalue weighted by atomic mass is 35.5. The Kier molecular flexibility index (Phi) is 4.90. The molecule has 0 N–H and O–H groups in total. The molecule has 130 valence electrons. The average Bonchev–Trinajstić information content (AvgIpc) is 2.61. The highest BCUT2D eigenvalue weighted by Crippen LogP contribution is 2.26. The van der Waals surface area contributed by atoms with Gasteiger partial charge in [0.25, 0.3) is 11.6 Å². The third kappa shape index (κ3) is 3.58. The minimum atomic E-state index is -0.392. The number of rotatable bonds is 3. The third-order valence-electron chi connectivity index (χ3n) is 4.40. The molecule has 1 aliphatic rings. The van der Waals surface area contributed by atoms with Gasteiger partial charge < -0.3 is 9.80 Å². The van der Waals surface area contributed by atoms with Crippen LogP contribution < -0.4 is 4.90 Å². The number of carbonyl (C=O) groups excluding carboxylic acids is 1. The van der Waals surface area contributed by atoms with E-state index in [-0.39, 0.29) is 11.6 Å². The molecule has 2 aromatic rings. The van der Waals surface area contributed by atoms with Crippen molar-refractivity contribution in [2.75, 3.05) is 31.1 Å². The monoisotopic (exact) mass is 359 g/mol. The Labute approximate surface area is 150 Å². The number of nitro benzene ring substituents is 1. The number of amides is 1. The summed E-state index contributed by atoms with van der Waals surface area (Å²) in [4.78, 5) is 27.0. The quantitative estimate of drug-likeness (QED) is 0.621. The predicted octanol–water partition coefficient (Wildman–Crippen LogP) is 3.52. The van der Waals surface area contributed by atoms with Gasteiger partial charge >= 0.3 is 0 Å². The second kappa shape index (κ2) is 7.11. The van der Waals surface area contributed by atoms with Crippen LogP contribution in [0.25, 0.3) is 0 Å². The zero-order valence-electron chi connectivity index (χ0n) is 13.8.